The van der Waals surface area contributed by atoms with Crippen LogP contribution in [0, 0.1) is 19.8 Å². The third kappa shape index (κ3) is 4.04. The van der Waals surface area contributed by atoms with E-state index in [-0.39, 0.29) is 22.4 Å². The minimum Gasteiger partial charge on any atom is -0.478 e. The van der Waals surface area contributed by atoms with Crippen molar-refractivity contribution < 1.29 is 18.3 Å². The van der Waals surface area contributed by atoms with Crippen molar-refractivity contribution in [3.8, 4) is 0 Å². The summed E-state index contributed by atoms with van der Waals surface area (Å²) in [6, 6.07) is 2.53. The molecular weight excluding hydrogens is 290 g/mol. The van der Waals surface area contributed by atoms with E-state index in [4.69, 9.17) is 5.11 Å². The molecule has 21 heavy (non-hydrogen) atoms. The van der Waals surface area contributed by atoms with E-state index in [1.54, 1.807) is 13.8 Å². The number of aromatic carboxylic acids is 1. The van der Waals surface area contributed by atoms with Crippen molar-refractivity contribution >= 4 is 16.0 Å². The molecule has 0 amide bonds. The quantitative estimate of drug-likeness (QED) is 0.846. The minimum atomic E-state index is -3.74. The van der Waals surface area contributed by atoms with Crippen molar-refractivity contribution in [2.75, 3.05) is 0 Å². The molecule has 6 heteroatoms. The average Bonchev–Trinajstić information content (AvgIpc) is 2.38. The zero-order valence-electron chi connectivity index (χ0n) is 13.1. The van der Waals surface area contributed by atoms with Gasteiger partial charge in [-0.15, -0.1) is 0 Å². The standard InChI is InChI=1S/C15H23NO4S/c1-6-13(9(2)3)16-21(19,20)14-8-12(15(17)18)7-10(4)11(14)5/h7-9,13,16H,6H2,1-5H3,(H,17,18). The van der Waals surface area contributed by atoms with Crippen LogP contribution in [-0.4, -0.2) is 25.5 Å². The fraction of sp³-hybridized carbons (Fsp3) is 0.533. The number of carboxylic acid groups (broad SMARTS) is 1. The average molecular weight is 313 g/mol. The van der Waals surface area contributed by atoms with Gasteiger partial charge in [-0.1, -0.05) is 20.8 Å². The van der Waals surface area contributed by atoms with Gasteiger partial charge in [0.1, 0.15) is 0 Å². The molecule has 0 bridgehead atoms. The van der Waals surface area contributed by atoms with Gasteiger partial charge < -0.3 is 5.11 Å². The van der Waals surface area contributed by atoms with Crippen LogP contribution >= 0.6 is 0 Å². The smallest absolute Gasteiger partial charge is 0.335 e. The van der Waals surface area contributed by atoms with Crippen LogP contribution < -0.4 is 4.72 Å². The molecule has 0 aliphatic heterocycles. The number of hydrogen-bond donors (Lipinski definition) is 2. The summed E-state index contributed by atoms with van der Waals surface area (Å²) in [6.45, 7) is 9.20. The second kappa shape index (κ2) is 6.58. The largest absolute Gasteiger partial charge is 0.478 e. The molecule has 1 aromatic rings. The Balaban J connectivity index is 3.34. The Morgan fingerprint density at radius 2 is 1.86 bits per heavy atom. The van der Waals surface area contributed by atoms with Crippen molar-refractivity contribution in [3.63, 3.8) is 0 Å². The first kappa shape index (κ1) is 17.7. The maximum absolute atomic E-state index is 12.5. The molecule has 1 atom stereocenters. The Labute approximate surface area is 126 Å². The van der Waals surface area contributed by atoms with Gasteiger partial charge in [0.2, 0.25) is 10.0 Å². The molecule has 0 aliphatic carbocycles. The number of hydrogen-bond acceptors (Lipinski definition) is 3. The van der Waals surface area contributed by atoms with E-state index in [2.05, 4.69) is 4.72 Å². The van der Waals surface area contributed by atoms with Crippen molar-refractivity contribution in [3.05, 3.63) is 28.8 Å². The van der Waals surface area contributed by atoms with Gasteiger partial charge >= 0.3 is 5.97 Å². The van der Waals surface area contributed by atoms with Crippen LogP contribution in [0.3, 0.4) is 0 Å². The van der Waals surface area contributed by atoms with Crippen LogP contribution in [0.15, 0.2) is 17.0 Å². The number of benzene rings is 1. The first-order valence-electron chi connectivity index (χ1n) is 6.97. The maximum Gasteiger partial charge on any atom is 0.335 e. The van der Waals surface area contributed by atoms with Gasteiger partial charge in [-0.3, -0.25) is 0 Å². The highest BCUT2D eigenvalue weighted by Gasteiger charge is 2.24. The lowest BCUT2D eigenvalue weighted by Gasteiger charge is -2.21. The summed E-state index contributed by atoms with van der Waals surface area (Å²) in [4.78, 5) is 11.2. The summed E-state index contributed by atoms with van der Waals surface area (Å²) in [7, 11) is -3.74. The Morgan fingerprint density at radius 1 is 1.29 bits per heavy atom. The normalized spacial score (nSPS) is 13.4. The van der Waals surface area contributed by atoms with Crippen molar-refractivity contribution in [2.45, 2.75) is 52.0 Å². The molecule has 0 aromatic heterocycles. The number of rotatable bonds is 6. The highest BCUT2D eigenvalue weighted by molar-refractivity contribution is 7.89. The van der Waals surface area contributed by atoms with Gasteiger partial charge in [-0.05, 0) is 49.4 Å². The molecule has 2 N–H and O–H groups in total. The van der Waals surface area contributed by atoms with Crippen LogP contribution in [0.25, 0.3) is 0 Å². The Morgan fingerprint density at radius 3 is 2.29 bits per heavy atom. The highest BCUT2D eigenvalue weighted by atomic mass is 32.2. The summed E-state index contributed by atoms with van der Waals surface area (Å²) in [5.74, 6) is -0.973. The van der Waals surface area contributed by atoms with Crippen LogP contribution in [0.1, 0.15) is 48.7 Å². The summed E-state index contributed by atoms with van der Waals surface area (Å²) < 4.78 is 27.8. The first-order valence-corrected chi connectivity index (χ1v) is 8.45. The molecule has 0 heterocycles. The molecule has 118 valence electrons. The van der Waals surface area contributed by atoms with Crippen LogP contribution in [-0.2, 0) is 10.0 Å². The number of carboxylic acids is 1. The monoisotopic (exact) mass is 313 g/mol. The molecule has 1 aromatic carbocycles. The lowest BCUT2D eigenvalue weighted by molar-refractivity contribution is 0.0696. The number of carbonyl (C=O) groups is 1. The maximum atomic E-state index is 12.5. The fourth-order valence-corrected chi connectivity index (χ4v) is 3.99. The molecular formula is C15H23NO4S. The van der Waals surface area contributed by atoms with E-state index in [1.807, 2.05) is 20.8 Å². The molecule has 1 rings (SSSR count). The SMILES string of the molecule is CCC(NS(=O)(=O)c1cc(C(=O)O)cc(C)c1C)C(C)C. The lowest BCUT2D eigenvalue weighted by atomic mass is 10.0. The van der Waals surface area contributed by atoms with Crippen LogP contribution in [0.2, 0.25) is 0 Å². The lowest BCUT2D eigenvalue weighted by Crippen LogP contribution is -2.38. The summed E-state index contributed by atoms with van der Waals surface area (Å²) in [5.41, 5.74) is 1.20. The van der Waals surface area contributed by atoms with Gasteiger partial charge in [0.05, 0.1) is 10.5 Å². The van der Waals surface area contributed by atoms with E-state index in [0.717, 1.165) is 0 Å². The van der Waals surface area contributed by atoms with E-state index in [0.29, 0.717) is 17.5 Å². The molecule has 0 aliphatic rings. The zero-order chi connectivity index (χ0) is 16.4. The second-order valence-electron chi connectivity index (χ2n) is 5.60. The van der Waals surface area contributed by atoms with E-state index in [9.17, 15) is 13.2 Å². The van der Waals surface area contributed by atoms with Gasteiger partial charge in [0.25, 0.3) is 0 Å². The van der Waals surface area contributed by atoms with Crippen molar-refractivity contribution in [2.24, 2.45) is 5.92 Å². The molecule has 0 spiro atoms. The van der Waals surface area contributed by atoms with Crippen LogP contribution in [0.4, 0.5) is 0 Å². The van der Waals surface area contributed by atoms with E-state index in [1.165, 1.54) is 12.1 Å². The molecule has 0 fully saturated rings. The Bertz CT molecular complexity index is 635. The molecule has 0 saturated heterocycles. The summed E-state index contributed by atoms with van der Waals surface area (Å²) in [5, 5.41) is 9.09. The van der Waals surface area contributed by atoms with Gasteiger partial charge in [-0.25, -0.2) is 17.9 Å². The predicted molar refractivity (Wildman–Crippen MR) is 82.1 cm³/mol. The molecule has 1 unspecified atom stereocenters. The first-order chi connectivity index (χ1) is 9.60. The highest BCUT2D eigenvalue weighted by Crippen LogP contribution is 2.22. The Hall–Kier alpha value is -1.40. The van der Waals surface area contributed by atoms with Crippen molar-refractivity contribution in [1.82, 2.24) is 4.72 Å². The van der Waals surface area contributed by atoms with Crippen LogP contribution in [0.5, 0.6) is 0 Å². The van der Waals surface area contributed by atoms with E-state index >= 15 is 0 Å². The number of aryl methyl sites for hydroxylation is 1. The summed E-state index contributed by atoms with van der Waals surface area (Å²) in [6.07, 6.45) is 0.674. The van der Waals surface area contributed by atoms with Crippen molar-refractivity contribution in [1.29, 1.82) is 0 Å². The second-order valence-corrected chi connectivity index (χ2v) is 7.28. The fourth-order valence-electron chi connectivity index (χ4n) is 2.18. The van der Waals surface area contributed by atoms with E-state index < -0.39 is 16.0 Å². The third-order valence-electron chi connectivity index (χ3n) is 3.71. The molecule has 0 radical (unpaired) electrons. The minimum absolute atomic E-state index is 0.0175. The van der Waals surface area contributed by atoms with Gasteiger partial charge in [0.15, 0.2) is 0 Å². The topological polar surface area (TPSA) is 83.5 Å². The number of nitrogens with one attached hydrogen (secondary N) is 1. The number of sulfonamides is 1. The zero-order valence-corrected chi connectivity index (χ0v) is 13.9. The molecule has 0 saturated carbocycles. The van der Waals surface area contributed by atoms with Gasteiger partial charge in [-0.2, -0.15) is 0 Å². The van der Waals surface area contributed by atoms with Gasteiger partial charge in [0, 0.05) is 6.04 Å². The molecule has 5 nitrogen and oxygen atoms in total. The Kier molecular flexibility index (Phi) is 5.53. The third-order valence-corrected chi connectivity index (χ3v) is 5.32. The summed E-state index contributed by atoms with van der Waals surface area (Å²) >= 11 is 0. The predicted octanol–water partition coefficient (Wildman–Crippen LogP) is 2.71.